The van der Waals surface area contributed by atoms with Gasteiger partial charge in [-0.15, -0.1) is 0 Å². The maximum atomic E-state index is 12.5. The predicted octanol–water partition coefficient (Wildman–Crippen LogP) is 4.59. The average molecular weight is 365 g/mol. The van der Waals surface area contributed by atoms with Gasteiger partial charge in [0.2, 0.25) is 9.84 Å². The monoisotopic (exact) mass is 364 g/mol. The van der Waals surface area contributed by atoms with Crippen LogP contribution in [0.2, 0.25) is 10.0 Å². The summed E-state index contributed by atoms with van der Waals surface area (Å²) in [6.07, 6.45) is 1.29. The molecule has 0 aromatic heterocycles. The molecule has 0 N–H and O–H groups in total. The highest BCUT2D eigenvalue weighted by atomic mass is 35.5. The molecule has 0 radical (unpaired) electrons. The first-order valence-electron chi connectivity index (χ1n) is 6.56. The van der Waals surface area contributed by atoms with Crippen LogP contribution in [0.4, 0.5) is 11.4 Å². The van der Waals surface area contributed by atoms with Crippen molar-refractivity contribution in [2.24, 2.45) is 0 Å². The molecule has 2 aromatic rings. The van der Waals surface area contributed by atoms with Crippen LogP contribution in [-0.4, -0.2) is 8.42 Å². The summed E-state index contributed by atoms with van der Waals surface area (Å²) < 4.78 is 24.9. The minimum Gasteiger partial charge on any atom is -0.314 e. The summed E-state index contributed by atoms with van der Waals surface area (Å²) in [6.45, 7) is 1.87. The Morgan fingerprint density at radius 1 is 1.13 bits per heavy atom. The zero-order chi connectivity index (χ0) is 16.8. The number of benzene rings is 2. The fraction of sp³-hybridized carbons (Fsp3) is 0.0625. The van der Waals surface area contributed by atoms with Gasteiger partial charge in [-0.25, -0.2) is 8.42 Å². The van der Waals surface area contributed by atoms with E-state index in [0.717, 1.165) is 5.56 Å². The Kier molecular flexibility index (Phi) is 3.85. The SMILES string of the molecule is Cc1ccc(N2C=C(C#N)S(=O)(=O)c3ccc(Cl)cc32)cc1Cl. The van der Waals surface area contributed by atoms with Gasteiger partial charge < -0.3 is 4.90 Å². The van der Waals surface area contributed by atoms with Crippen molar-refractivity contribution in [3.63, 3.8) is 0 Å². The fourth-order valence-corrected chi connectivity index (χ4v) is 3.94. The molecule has 0 amide bonds. The Balaban J connectivity index is 2.30. The number of halogens is 2. The van der Waals surface area contributed by atoms with E-state index in [0.29, 0.717) is 21.4 Å². The molecule has 0 spiro atoms. The van der Waals surface area contributed by atoms with Crippen molar-refractivity contribution in [2.45, 2.75) is 11.8 Å². The van der Waals surface area contributed by atoms with Crippen molar-refractivity contribution in [3.05, 3.63) is 63.1 Å². The molecule has 0 saturated heterocycles. The van der Waals surface area contributed by atoms with Gasteiger partial charge in [0.15, 0.2) is 4.91 Å². The van der Waals surface area contributed by atoms with E-state index in [1.165, 1.54) is 18.3 Å². The number of hydrogen-bond acceptors (Lipinski definition) is 4. The van der Waals surface area contributed by atoms with E-state index in [1.807, 2.05) is 13.0 Å². The van der Waals surface area contributed by atoms with Crippen molar-refractivity contribution in [3.8, 4) is 6.07 Å². The van der Waals surface area contributed by atoms with E-state index in [4.69, 9.17) is 23.2 Å². The lowest BCUT2D eigenvalue weighted by atomic mass is 10.2. The van der Waals surface area contributed by atoms with Gasteiger partial charge in [0, 0.05) is 21.9 Å². The molecule has 2 aromatic carbocycles. The Labute approximate surface area is 144 Å². The van der Waals surface area contributed by atoms with Crippen molar-refractivity contribution in [1.29, 1.82) is 5.26 Å². The summed E-state index contributed by atoms with van der Waals surface area (Å²) in [5, 5.41) is 10.1. The van der Waals surface area contributed by atoms with E-state index in [1.54, 1.807) is 29.2 Å². The minimum atomic E-state index is -3.84. The largest absolute Gasteiger partial charge is 0.314 e. The van der Waals surface area contributed by atoms with Crippen molar-refractivity contribution in [1.82, 2.24) is 0 Å². The summed E-state index contributed by atoms with van der Waals surface area (Å²) in [5.41, 5.74) is 1.93. The van der Waals surface area contributed by atoms with Gasteiger partial charge in [-0.2, -0.15) is 5.26 Å². The van der Waals surface area contributed by atoms with Crippen LogP contribution in [0.1, 0.15) is 5.56 Å². The predicted molar refractivity (Wildman–Crippen MR) is 90.7 cm³/mol. The summed E-state index contributed by atoms with van der Waals surface area (Å²) in [4.78, 5) is 1.31. The molecule has 23 heavy (non-hydrogen) atoms. The van der Waals surface area contributed by atoms with Gasteiger partial charge in [-0.1, -0.05) is 29.3 Å². The van der Waals surface area contributed by atoms with Gasteiger partial charge in [0.25, 0.3) is 0 Å². The number of allylic oxidation sites excluding steroid dienone is 1. The van der Waals surface area contributed by atoms with E-state index >= 15 is 0 Å². The molecule has 4 nitrogen and oxygen atoms in total. The topological polar surface area (TPSA) is 61.2 Å². The number of nitriles is 1. The van der Waals surface area contributed by atoms with Crippen molar-refractivity contribution < 1.29 is 8.42 Å². The van der Waals surface area contributed by atoms with Gasteiger partial charge >= 0.3 is 0 Å². The van der Waals surface area contributed by atoms with Crippen molar-refractivity contribution >= 4 is 44.4 Å². The fourth-order valence-electron chi connectivity index (χ4n) is 2.31. The third kappa shape index (κ3) is 2.59. The normalized spacial score (nSPS) is 15.6. The quantitative estimate of drug-likeness (QED) is 0.742. The molecule has 3 rings (SSSR count). The standard InChI is InChI=1S/C16H10Cl2N2O2S/c1-10-2-4-12(7-14(10)18)20-9-13(8-19)23(21,22)16-5-3-11(17)6-15(16)20/h2-7,9H,1H3. The molecule has 116 valence electrons. The number of fused-ring (bicyclic) bond motifs is 1. The van der Waals surface area contributed by atoms with Gasteiger partial charge in [0.1, 0.15) is 6.07 Å². The number of aryl methyl sites for hydroxylation is 1. The van der Waals surface area contributed by atoms with Crippen LogP contribution < -0.4 is 4.90 Å². The number of anilines is 2. The van der Waals surface area contributed by atoms with E-state index in [-0.39, 0.29) is 9.80 Å². The third-order valence-corrected chi connectivity index (χ3v) is 5.89. The molecule has 0 fully saturated rings. The first-order chi connectivity index (χ1) is 10.8. The summed E-state index contributed by atoms with van der Waals surface area (Å²) in [5.74, 6) is 0. The molecule has 0 bridgehead atoms. The van der Waals surface area contributed by atoms with Gasteiger partial charge in [0.05, 0.1) is 10.6 Å². The van der Waals surface area contributed by atoms with E-state index in [9.17, 15) is 13.7 Å². The van der Waals surface area contributed by atoms with E-state index in [2.05, 4.69) is 0 Å². The van der Waals surface area contributed by atoms with Crippen LogP contribution in [-0.2, 0) is 9.84 Å². The molecule has 0 atom stereocenters. The van der Waals surface area contributed by atoms with Crippen LogP contribution in [0.3, 0.4) is 0 Å². The molecule has 0 unspecified atom stereocenters. The van der Waals surface area contributed by atoms with Crippen LogP contribution >= 0.6 is 23.2 Å². The summed E-state index contributed by atoms with van der Waals surface area (Å²) in [6, 6.07) is 11.5. The highest BCUT2D eigenvalue weighted by Gasteiger charge is 2.32. The molecule has 1 heterocycles. The van der Waals surface area contributed by atoms with Crippen LogP contribution in [0.5, 0.6) is 0 Å². The number of sulfone groups is 1. The highest BCUT2D eigenvalue weighted by molar-refractivity contribution is 7.95. The van der Waals surface area contributed by atoms with Crippen LogP contribution in [0.25, 0.3) is 0 Å². The molecular weight excluding hydrogens is 355 g/mol. The lowest BCUT2D eigenvalue weighted by Crippen LogP contribution is -2.21. The summed E-state index contributed by atoms with van der Waals surface area (Å²) in [7, 11) is -3.84. The third-order valence-electron chi connectivity index (χ3n) is 3.55. The summed E-state index contributed by atoms with van der Waals surface area (Å²) >= 11 is 12.2. The van der Waals surface area contributed by atoms with Crippen LogP contribution in [0.15, 0.2) is 52.4 Å². The second-order valence-electron chi connectivity index (χ2n) is 5.02. The Hall–Kier alpha value is -2.00. The molecule has 1 aliphatic rings. The molecular formula is C16H10Cl2N2O2S. The molecule has 1 aliphatic heterocycles. The number of rotatable bonds is 1. The van der Waals surface area contributed by atoms with Gasteiger partial charge in [-0.05, 0) is 42.8 Å². The second kappa shape index (κ2) is 5.57. The number of hydrogen-bond donors (Lipinski definition) is 0. The first-order valence-corrected chi connectivity index (χ1v) is 8.80. The Morgan fingerprint density at radius 3 is 2.52 bits per heavy atom. The Morgan fingerprint density at radius 2 is 1.87 bits per heavy atom. The lowest BCUT2D eigenvalue weighted by Gasteiger charge is -2.28. The maximum absolute atomic E-state index is 12.5. The molecule has 7 heteroatoms. The maximum Gasteiger partial charge on any atom is 0.220 e. The highest BCUT2D eigenvalue weighted by Crippen LogP contribution is 2.41. The average Bonchev–Trinajstić information content (AvgIpc) is 2.50. The molecule has 0 aliphatic carbocycles. The minimum absolute atomic E-state index is 0.0395. The van der Waals surface area contributed by atoms with Crippen molar-refractivity contribution in [2.75, 3.05) is 4.90 Å². The number of nitrogens with zero attached hydrogens (tertiary/aromatic N) is 2. The zero-order valence-electron chi connectivity index (χ0n) is 11.9. The van der Waals surface area contributed by atoms with E-state index < -0.39 is 9.84 Å². The zero-order valence-corrected chi connectivity index (χ0v) is 14.2. The lowest BCUT2D eigenvalue weighted by molar-refractivity contribution is 0.602. The first kappa shape index (κ1) is 15.9. The smallest absolute Gasteiger partial charge is 0.220 e. The van der Waals surface area contributed by atoms with Crippen LogP contribution in [0, 0.1) is 18.3 Å². The Bertz CT molecular complexity index is 992. The van der Waals surface area contributed by atoms with Gasteiger partial charge in [-0.3, -0.25) is 0 Å². The molecule has 0 saturated carbocycles. The second-order valence-corrected chi connectivity index (χ2v) is 7.75.